The molecule has 740 valence electrons. The second-order valence-electron chi connectivity index (χ2n) is 32.4. The van der Waals surface area contributed by atoms with Crippen molar-refractivity contribution in [2.24, 2.45) is 0 Å². The molecule has 33 N–H and O–H groups in total. The maximum absolute atomic E-state index is 13.8. The molecule has 10 rings (SSSR count). The number of carboxylic acid groups (broad SMARTS) is 1. The van der Waals surface area contributed by atoms with E-state index in [0.29, 0.717) is 0 Å². The highest BCUT2D eigenvalue weighted by Crippen LogP contribution is 2.43. The number of ether oxygens (including phenoxy) is 19. The van der Waals surface area contributed by atoms with E-state index in [4.69, 9.17) is 90.0 Å². The first-order valence-corrected chi connectivity index (χ1v) is 40.6. The second kappa shape index (κ2) is 45.4. The average Bonchev–Trinajstić information content (AvgIpc) is 0.744. The lowest BCUT2D eigenvalue weighted by molar-refractivity contribution is -0.400. The number of amides is 4. The van der Waals surface area contributed by atoms with Crippen LogP contribution in [0.5, 0.6) is 0 Å². The van der Waals surface area contributed by atoms with Crippen LogP contribution in [0.3, 0.4) is 0 Å². The highest BCUT2D eigenvalue weighted by Gasteiger charge is 2.64. The zero-order valence-corrected chi connectivity index (χ0v) is 68.7. The van der Waals surface area contributed by atoms with Gasteiger partial charge < -0.3 is 259 Å². The van der Waals surface area contributed by atoms with Crippen molar-refractivity contribution in [1.29, 1.82) is 0 Å². The molecule has 10 heterocycles. The van der Waals surface area contributed by atoms with E-state index in [2.05, 4.69) is 21.3 Å². The fourth-order valence-electron chi connectivity index (χ4n) is 16.6. The maximum Gasteiger partial charge on any atom is 0.364 e. The molecular formula is C71H118N4O53. The van der Waals surface area contributed by atoms with Gasteiger partial charge in [0.15, 0.2) is 56.6 Å². The van der Waals surface area contributed by atoms with Gasteiger partial charge in [-0.1, -0.05) is 0 Å². The van der Waals surface area contributed by atoms with Gasteiger partial charge in [0, 0.05) is 34.1 Å². The Kier molecular flexibility index (Phi) is 37.4. The predicted molar refractivity (Wildman–Crippen MR) is 392 cm³/mol. The molecular weight excluding hydrogens is 1760 g/mol. The average molecular weight is 1880 g/mol. The monoisotopic (exact) mass is 1870 g/mol. The van der Waals surface area contributed by atoms with Gasteiger partial charge in [0.25, 0.3) is 5.79 Å². The third-order valence-corrected chi connectivity index (χ3v) is 23.4. The highest BCUT2D eigenvalue weighted by molar-refractivity contribution is 5.77. The van der Waals surface area contributed by atoms with Gasteiger partial charge in [0.2, 0.25) is 23.6 Å². The van der Waals surface area contributed by atoms with E-state index in [-0.39, 0.29) is 0 Å². The number of carboxylic acids is 1. The highest BCUT2D eigenvalue weighted by atomic mass is 16.8. The number of aliphatic hydroxyl groups is 28. The number of carbonyl (C=O) groups is 5. The molecule has 0 radical (unpaired) electrons. The normalized spacial score (nSPS) is 48.4. The summed E-state index contributed by atoms with van der Waals surface area (Å²) in [4.78, 5) is 65.8. The van der Waals surface area contributed by atoms with Gasteiger partial charge in [-0.25, -0.2) is 4.79 Å². The minimum absolute atomic E-state index is 0.838. The fraction of sp³-hybridized carbons (Fsp3) is 0.930. The summed E-state index contributed by atoms with van der Waals surface area (Å²) in [5.74, 6) is -9.58. The maximum atomic E-state index is 13.8. The Morgan fingerprint density at radius 3 is 1.18 bits per heavy atom. The fourth-order valence-corrected chi connectivity index (χ4v) is 16.6. The topological polar surface area (TPSA) is 896 Å². The lowest BCUT2D eigenvalue weighted by Crippen LogP contribution is -2.72. The van der Waals surface area contributed by atoms with E-state index >= 15 is 0 Å². The first kappa shape index (κ1) is 106. The Hall–Kier alpha value is -4.53. The Balaban J connectivity index is 0.962. The molecule has 10 fully saturated rings. The molecule has 4 amide bonds. The molecule has 10 saturated heterocycles. The summed E-state index contributed by atoms with van der Waals surface area (Å²) < 4.78 is 113. The molecule has 0 aromatic rings. The van der Waals surface area contributed by atoms with E-state index < -0.39 is 408 Å². The van der Waals surface area contributed by atoms with Crippen molar-refractivity contribution >= 4 is 29.6 Å². The van der Waals surface area contributed by atoms with Crippen LogP contribution in [-0.2, 0) is 114 Å². The minimum atomic E-state index is -3.41. The largest absolute Gasteiger partial charge is 0.477 e. The molecule has 10 aliphatic rings. The van der Waals surface area contributed by atoms with Crippen LogP contribution >= 0.6 is 0 Å². The van der Waals surface area contributed by atoms with Crippen molar-refractivity contribution in [2.75, 3.05) is 59.5 Å². The zero-order chi connectivity index (χ0) is 94.6. The van der Waals surface area contributed by atoms with Crippen molar-refractivity contribution in [3.05, 3.63) is 0 Å². The van der Waals surface area contributed by atoms with E-state index in [9.17, 15) is 172 Å². The summed E-state index contributed by atoms with van der Waals surface area (Å²) in [7, 11) is 0. The van der Waals surface area contributed by atoms with E-state index in [0.717, 1.165) is 27.7 Å². The number of rotatable bonds is 34. The van der Waals surface area contributed by atoms with Crippen molar-refractivity contribution in [2.45, 2.75) is 353 Å². The van der Waals surface area contributed by atoms with Crippen LogP contribution in [0.2, 0.25) is 0 Å². The third kappa shape index (κ3) is 22.9. The second-order valence-corrected chi connectivity index (χ2v) is 32.4. The van der Waals surface area contributed by atoms with Gasteiger partial charge in [0.05, 0.1) is 77.7 Å². The minimum Gasteiger partial charge on any atom is -0.477 e. The first-order chi connectivity index (χ1) is 60.4. The number of aliphatic carboxylic acids is 1. The van der Waals surface area contributed by atoms with Crippen LogP contribution in [0, 0.1) is 0 Å². The number of hydrogen-bond donors (Lipinski definition) is 33. The van der Waals surface area contributed by atoms with Gasteiger partial charge in [-0.2, -0.15) is 0 Å². The molecule has 0 aromatic carbocycles. The Labute approximate surface area is 723 Å². The number of hydrogen-bond acceptors (Lipinski definition) is 52. The van der Waals surface area contributed by atoms with Gasteiger partial charge in [0.1, 0.15) is 232 Å². The van der Waals surface area contributed by atoms with Crippen molar-refractivity contribution in [1.82, 2.24) is 21.3 Å². The smallest absolute Gasteiger partial charge is 0.364 e. The van der Waals surface area contributed by atoms with Crippen LogP contribution in [0.15, 0.2) is 0 Å². The summed E-state index contributed by atoms with van der Waals surface area (Å²) >= 11 is 0. The molecule has 0 aliphatic carbocycles. The van der Waals surface area contributed by atoms with E-state index in [1.165, 1.54) is 6.92 Å². The third-order valence-electron chi connectivity index (χ3n) is 23.4. The first-order valence-electron chi connectivity index (χ1n) is 40.6. The number of carbonyl (C=O) groups excluding carboxylic acids is 4. The summed E-state index contributed by atoms with van der Waals surface area (Å²) in [6, 6.07) is -7.89. The van der Waals surface area contributed by atoms with Crippen molar-refractivity contribution in [3.63, 3.8) is 0 Å². The van der Waals surface area contributed by atoms with Crippen LogP contribution in [0.25, 0.3) is 0 Å². The zero-order valence-electron chi connectivity index (χ0n) is 68.7. The molecule has 0 saturated carbocycles. The molecule has 0 spiro atoms. The summed E-state index contributed by atoms with van der Waals surface area (Å²) in [6.07, 6.45) is -101. The molecule has 0 aromatic heterocycles. The van der Waals surface area contributed by atoms with Gasteiger partial charge in [-0.05, 0) is 6.92 Å². The molecule has 51 atom stereocenters. The predicted octanol–water partition coefficient (Wildman–Crippen LogP) is -22.0. The van der Waals surface area contributed by atoms with Gasteiger partial charge in [-0.15, -0.1) is 0 Å². The lowest BCUT2D eigenvalue weighted by atomic mass is 9.88. The van der Waals surface area contributed by atoms with Crippen LogP contribution < -0.4 is 21.3 Å². The Bertz CT molecular complexity index is 3530. The Morgan fingerprint density at radius 1 is 0.336 bits per heavy atom. The van der Waals surface area contributed by atoms with Crippen molar-refractivity contribution < 1.29 is 262 Å². The van der Waals surface area contributed by atoms with Crippen molar-refractivity contribution in [3.8, 4) is 0 Å². The molecule has 57 nitrogen and oxygen atoms in total. The lowest BCUT2D eigenvalue weighted by Gasteiger charge is -2.52. The quantitative estimate of drug-likeness (QED) is 0.0284. The van der Waals surface area contributed by atoms with Gasteiger partial charge >= 0.3 is 5.97 Å². The van der Waals surface area contributed by atoms with Gasteiger partial charge in [-0.3, -0.25) is 19.2 Å². The number of nitrogens with one attached hydrogen (secondary N) is 4. The van der Waals surface area contributed by atoms with E-state index in [1.807, 2.05) is 0 Å². The molecule has 10 aliphatic heterocycles. The molecule has 57 heteroatoms. The van der Waals surface area contributed by atoms with E-state index in [1.54, 1.807) is 0 Å². The standard InChI is InChI=1S/C71H118N4O53/c1-16-35(90)43(98)47(102)65(111-16)122-54-29(14-83)118-64(34(75-20(5)87)57(54)124-69-51(106)60(40(95)26(11-80)116-69)128-71(70(108)109)6-21(88)31(72-17(2)84)56(127-71)36(91)22(89)7-76)126-59-41(96)30(119-68(50(59)105)121-53-27(12-81)112-61(107)46(101)45(53)100)15-110-62-32(73-18(3)85)42(97)52(28(13-82)117-62)120-67-49(104)58(39(94)25(10-79)115-67)125-63-33(74-19(4)86)55(38(93)24(9-78)113-63)123-66-48(103)44(99)37(92)23(8-77)114-66/h16,21-69,76-83,88-107H,6-15H2,1-5H3,(H,72,84)(H,73,85)(H,74,86)(H,75,87)(H,108,109)/t16-,21-,22+,23+,24+,25+,26+,27+,28+,29+,30+,31+,32+,33+,34+,35+,36+,37-,38+,39-,40-,41-,42+,43+,44-,45+,46+,47-,48+,49+,50+,51+,52+,53+,54+,55+,56+,57+,58-,59-,60-,61?,62+,63-,64-,65-,66-,67?,68-,69-,71-/m0/s1. The summed E-state index contributed by atoms with van der Waals surface area (Å²) in [5, 5.41) is 333. The van der Waals surface area contributed by atoms with Crippen LogP contribution in [-0.4, -0.2) is 550 Å². The number of aliphatic hydroxyl groups excluding tert-OH is 28. The Morgan fingerprint density at radius 2 is 0.688 bits per heavy atom. The molecule has 0 bridgehead atoms. The SMILES string of the molecule is CC(=O)N[C@H]1[C@H](OC[C@H]2O[C@@H](O[C@H]3[C@H](O)[C@@H](O)C(O)O[C@@H]3CO)[C@H](O)[C@@H](O[C@@H]3O[C@H](CO)[C@@H](O[C@@H]4O[C@@H](C)[C@@H](O)[C@@H](O)[C@@H]4O)[C@H](O[C@@H]4O[C@H](CO)[C@H](O)[C@H](O[C@]5(C(=O)O)C[C@H](O)[C@@H](NC(C)=O)[C@H]([C@H](O)[C@H](O)CO)O5)[C@H]4O)[C@H]3NC(C)=O)[C@H]2O)O[C@H](CO)[C@@H](OC2O[C@H](CO)[C@H](O)[C@H](O[C@@H]3O[C@H](CO)[C@@H](O)[C@H](O[C@@H]4O[C@H](CO)[C@H](O)[C@H](O)[C@H]4O)[C@H]3NC(C)=O)[C@H]2O)[C@@H]1O. The molecule has 128 heavy (non-hydrogen) atoms. The summed E-state index contributed by atoms with van der Waals surface area (Å²) in [5.41, 5.74) is 0. The van der Waals surface area contributed by atoms with Crippen LogP contribution in [0.4, 0.5) is 0 Å². The molecule has 2 unspecified atom stereocenters. The summed E-state index contributed by atoms with van der Waals surface area (Å²) in [6.45, 7) is -5.85. The van der Waals surface area contributed by atoms with Crippen LogP contribution in [0.1, 0.15) is 41.0 Å².